The van der Waals surface area contributed by atoms with Gasteiger partial charge in [-0.3, -0.25) is 0 Å². The third kappa shape index (κ3) is 2.42. The van der Waals surface area contributed by atoms with Gasteiger partial charge in [-0.15, -0.1) is 10.2 Å². The Hall–Kier alpha value is -1.62. The van der Waals surface area contributed by atoms with Crippen LogP contribution < -0.4 is 5.32 Å². The average molecular weight is 281 g/mol. The number of aromatic nitrogens is 3. The Morgan fingerprint density at radius 2 is 2.21 bits per heavy atom. The van der Waals surface area contributed by atoms with Crippen LogP contribution in [-0.2, 0) is 19.5 Å². The number of hydrogen-bond donors (Lipinski definition) is 1. The Kier molecular flexibility index (Phi) is 3.38. The predicted molar refractivity (Wildman–Crippen MR) is 71.7 cm³/mol. The number of benzene rings is 1. The fraction of sp³-hybridized carbons (Fsp3) is 0.385. The van der Waals surface area contributed by atoms with E-state index in [1.54, 1.807) is 12.1 Å². The van der Waals surface area contributed by atoms with Crippen LogP contribution in [0.1, 0.15) is 24.5 Å². The summed E-state index contributed by atoms with van der Waals surface area (Å²) in [6.07, 6.45) is 3.26. The number of rotatable bonds is 3. The van der Waals surface area contributed by atoms with Crippen molar-refractivity contribution in [1.29, 1.82) is 0 Å². The van der Waals surface area contributed by atoms with Crippen LogP contribution in [0.15, 0.2) is 18.2 Å². The second-order valence-corrected chi connectivity index (χ2v) is 5.00. The first kappa shape index (κ1) is 12.4. The summed E-state index contributed by atoms with van der Waals surface area (Å²) in [6, 6.07) is 4.63. The monoisotopic (exact) mass is 280 g/mol. The summed E-state index contributed by atoms with van der Waals surface area (Å²) < 4.78 is 15.7. The van der Waals surface area contributed by atoms with E-state index in [9.17, 15) is 4.39 Å². The van der Waals surface area contributed by atoms with Crippen molar-refractivity contribution in [3.05, 3.63) is 40.7 Å². The molecule has 0 spiro atoms. The third-order valence-corrected chi connectivity index (χ3v) is 3.64. The van der Waals surface area contributed by atoms with Crippen LogP contribution in [0, 0.1) is 5.82 Å². The summed E-state index contributed by atoms with van der Waals surface area (Å²) in [7, 11) is 0. The average Bonchev–Trinajstić information content (AvgIpc) is 2.82. The lowest BCUT2D eigenvalue weighted by Crippen LogP contribution is -2.15. The van der Waals surface area contributed by atoms with Crippen LogP contribution >= 0.6 is 11.6 Å². The van der Waals surface area contributed by atoms with E-state index < -0.39 is 0 Å². The van der Waals surface area contributed by atoms with Crippen LogP contribution in [0.4, 0.5) is 10.1 Å². The van der Waals surface area contributed by atoms with Crippen molar-refractivity contribution in [3.63, 3.8) is 0 Å². The number of nitrogens with one attached hydrogen (secondary N) is 1. The molecule has 0 atom stereocenters. The molecule has 1 aliphatic heterocycles. The molecule has 0 bridgehead atoms. The van der Waals surface area contributed by atoms with Gasteiger partial charge in [0.1, 0.15) is 11.6 Å². The summed E-state index contributed by atoms with van der Waals surface area (Å²) in [5.74, 6) is 1.49. The molecule has 0 fully saturated rings. The van der Waals surface area contributed by atoms with Crippen molar-refractivity contribution in [2.75, 3.05) is 5.32 Å². The summed E-state index contributed by atoms with van der Waals surface area (Å²) >= 11 is 5.97. The van der Waals surface area contributed by atoms with E-state index in [2.05, 4.69) is 20.1 Å². The van der Waals surface area contributed by atoms with Crippen molar-refractivity contribution in [3.8, 4) is 0 Å². The summed E-state index contributed by atoms with van der Waals surface area (Å²) in [5, 5.41) is 11.7. The highest BCUT2D eigenvalue weighted by atomic mass is 35.5. The lowest BCUT2D eigenvalue weighted by atomic mass is 10.2. The van der Waals surface area contributed by atoms with Crippen LogP contribution in [0.5, 0.6) is 0 Å². The Labute approximate surface area is 115 Å². The molecule has 19 heavy (non-hydrogen) atoms. The van der Waals surface area contributed by atoms with Crippen LogP contribution in [0.3, 0.4) is 0 Å². The first-order chi connectivity index (χ1) is 9.25. The molecular weight excluding hydrogens is 267 g/mol. The summed E-state index contributed by atoms with van der Waals surface area (Å²) in [5.41, 5.74) is 0.317. The zero-order valence-electron chi connectivity index (χ0n) is 10.4. The quantitative estimate of drug-likeness (QED) is 0.940. The number of aryl methyl sites for hydroxylation is 1. The molecule has 2 heterocycles. The van der Waals surface area contributed by atoms with E-state index >= 15 is 0 Å². The molecule has 0 amide bonds. The lowest BCUT2D eigenvalue weighted by Gasteiger charge is -2.15. The molecule has 2 aromatic rings. The van der Waals surface area contributed by atoms with E-state index in [-0.39, 0.29) is 5.82 Å². The minimum absolute atomic E-state index is 0.317. The second kappa shape index (κ2) is 5.17. The molecule has 0 radical (unpaired) electrons. The molecule has 1 N–H and O–H groups in total. The number of fused-ring (bicyclic) bond motifs is 1. The zero-order valence-corrected chi connectivity index (χ0v) is 11.1. The Bertz CT molecular complexity index is 576. The first-order valence-corrected chi connectivity index (χ1v) is 6.72. The Morgan fingerprint density at radius 1 is 1.32 bits per heavy atom. The number of nitrogens with zero attached hydrogens (tertiary/aromatic N) is 3. The summed E-state index contributed by atoms with van der Waals surface area (Å²) in [6.45, 7) is 1.36. The molecule has 3 rings (SSSR count). The van der Waals surface area contributed by atoms with Gasteiger partial charge in [-0.05, 0) is 25.0 Å². The fourth-order valence-corrected chi connectivity index (χ4v) is 2.56. The molecule has 1 aliphatic rings. The highest BCUT2D eigenvalue weighted by molar-refractivity contribution is 6.33. The maximum Gasteiger partial charge on any atom is 0.152 e. The molecule has 0 saturated heterocycles. The number of para-hydroxylation sites is 1. The topological polar surface area (TPSA) is 42.7 Å². The molecule has 100 valence electrons. The first-order valence-electron chi connectivity index (χ1n) is 6.34. The molecule has 6 heteroatoms. The Morgan fingerprint density at radius 3 is 3.05 bits per heavy atom. The van der Waals surface area contributed by atoms with Gasteiger partial charge in [-0.2, -0.15) is 0 Å². The largest absolute Gasteiger partial charge is 0.374 e. The standard InChI is InChI=1S/C13H14ClFN4/c14-9-4-3-5-10(15)13(9)16-8-12-18-17-11-6-1-2-7-19(11)12/h3-5,16H,1-2,6-8H2. The van der Waals surface area contributed by atoms with Crippen LogP contribution in [-0.4, -0.2) is 14.8 Å². The molecule has 0 aliphatic carbocycles. The Balaban J connectivity index is 1.78. The van der Waals surface area contributed by atoms with E-state index in [1.807, 2.05) is 0 Å². The molecule has 0 unspecified atom stereocenters. The summed E-state index contributed by atoms with van der Waals surface area (Å²) in [4.78, 5) is 0. The third-order valence-electron chi connectivity index (χ3n) is 3.32. The van der Waals surface area contributed by atoms with E-state index in [0.717, 1.165) is 37.5 Å². The highest BCUT2D eigenvalue weighted by Gasteiger charge is 2.16. The van der Waals surface area contributed by atoms with Crippen molar-refractivity contribution >= 4 is 17.3 Å². The lowest BCUT2D eigenvalue weighted by molar-refractivity contribution is 0.509. The fourth-order valence-electron chi connectivity index (χ4n) is 2.33. The zero-order chi connectivity index (χ0) is 13.2. The van der Waals surface area contributed by atoms with Crippen molar-refractivity contribution in [1.82, 2.24) is 14.8 Å². The van der Waals surface area contributed by atoms with Gasteiger partial charge < -0.3 is 9.88 Å². The van der Waals surface area contributed by atoms with Crippen molar-refractivity contribution in [2.45, 2.75) is 32.4 Å². The minimum atomic E-state index is -0.356. The number of halogens is 2. The maximum atomic E-state index is 13.6. The number of anilines is 1. The van der Waals surface area contributed by atoms with Gasteiger partial charge >= 0.3 is 0 Å². The van der Waals surface area contributed by atoms with E-state index in [1.165, 1.54) is 6.07 Å². The molecule has 0 saturated carbocycles. The maximum absolute atomic E-state index is 13.6. The van der Waals surface area contributed by atoms with Gasteiger partial charge in [0.2, 0.25) is 0 Å². The van der Waals surface area contributed by atoms with Crippen LogP contribution in [0.25, 0.3) is 0 Å². The van der Waals surface area contributed by atoms with E-state index in [0.29, 0.717) is 17.3 Å². The van der Waals surface area contributed by atoms with Gasteiger partial charge in [0.25, 0.3) is 0 Å². The van der Waals surface area contributed by atoms with Gasteiger partial charge in [0.15, 0.2) is 5.82 Å². The minimum Gasteiger partial charge on any atom is -0.374 e. The van der Waals surface area contributed by atoms with Gasteiger partial charge in [-0.25, -0.2) is 4.39 Å². The van der Waals surface area contributed by atoms with Gasteiger partial charge in [-0.1, -0.05) is 17.7 Å². The van der Waals surface area contributed by atoms with Gasteiger partial charge in [0, 0.05) is 13.0 Å². The molecule has 1 aromatic heterocycles. The SMILES string of the molecule is Fc1cccc(Cl)c1NCc1nnc2n1CCCC2. The predicted octanol–water partition coefficient (Wildman–Crippen LogP) is 3.02. The van der Waals surface area contributed by atoms with Crippen molar-refractivity contribution < 1.29 is 4.39 Å². The normalized spacial score (nSPS) is 14.2. The molecule has 4 nitrogen and oxygen atoms in total. The molecular formula is C13H14ClFN4. The second-order valence-electron chi connectivity index (χ2n) is 4.59. The number of hydrogen-bond acceptors (Lipinski definition) is 3. The van der Waals surface area contributed by atoms with Crippen LogP contribution in [0.2, 0.25) is 5.02 Å². The van der Waals surface area contributed by atoms with Gasteiger partial charge in [0.05, 0.1) is 17.3 Å². The smallest absolute Gasteiger partial charge is 0.152 e. The highest BCUT2D eigenvalue weighted by Crippen LogP contribution is 2.25. The van der Waals surface area contributed by atoms with E-state index in [4.69, 9.17) is 11.6 Å². The van der Waals surface area contributed by atoms with Crippen molar-refractivity contribution in [2.24, 2.45) is 0 Å². The molecule has 1 aromatic carbocycles.